The number of hydrogen-bond donors (Lipinski definition) is 1. The fraction of sp³-hybridized carbons (Fsp3) is 0.400. The van der Waals surface area contributed by atoms with Gasteiger partial charge in [0.1, 0.15) is 5.82 Å². The summed E-state index contributed by atoms with van der Waals surface area (Å²) in [5, 5.41) is 3.42. The number of benzene rings is 1. The van der Waals surface area contributed by atoms with E-state index in [1.165, 1.54) is 17.7 Å². The van der Waals surface area contributed by atoms with Gasteiger partial charge in [-0.25, -0.2) is 4.98 Å². The van der Waals surface area contributed by atoms with Gasteiger partial charge in [0.15, 0.2) is 0 Å². The number of carbonyl (C=O) groups excluding carboxylic acids is 1. The van der Waals surface area contributed by atoms with Crippen molar-refractivity contribution < 1.29 is 9.53 Å². The molecule has 4 aliphatic rings. The van der Waals surface area contributed by atoms with Gasteiger partial charge in [0.2, 0.25) is 6.41 Å². The number of amides is 1. The highest BCUT2D eigenvalue weighted by molar-refractivity contribution is 5.90. The van der Waals surface area contributed by atoms with Crippen LogP contribution in [0.3, 0.4) is 0 Å². The van der Waals surface area contributed by atoms with Crippen molar-refractivity contribution in [1.29, 1.82) is 0 Å². The van der Waals surface area contributed by atoms with Crippen LogP contribution in [0.1, 0.15) is 24.0 Å². The number of aryl methyl sites for hydroxylation is 1. The first-order valence-corrected chi connectivity index (χ1v) is 9.18. The van der Waals surface area contributed by atoms with E-state index in [0.717, 1.165) is 48.7 Å². The third-order valence-corrected chi connectivity index (χ3v) is 5.73. The highest BCUT2D eigenvalue weighted by Crippen LogP contribution is 2.41. The van der Waals surface area contributed by atoms with Gasteiger partial charge in [-0.05, 0) is 43.5 Å². The standard InChI is InChI=1S/C20H22N4O2/c1-13-7-17-19(8-18(13)24-10-16-5-4-15(24)11-26-16)23(12-25)9-14-3-2-6-21-20(14)22-17/h2-3,6-8,12,15-16H,4-5,9-11H2,1H3,(H,21,22)/t15-,16-/m1/s1. The Labute approximate surface area is 152 Å². The monoisotopic (exact) mass is 350 g/mol. The van der Waals surface area contributed by atoms with E-state index in [2.05, 4.69) is 34.3 Å². The number of aromatic nitrogens is 1. The zero-order valence-electron chi connectivity index (χ0n) is 14.8. The van der Waals surface area contributed by atoms with Crippen LogP contribution >= 0.6 is 0 Å². The summed E-state index contributed by atoms with van der Waals surface area (Å²) in [6.45, 7) is 4.38. The van der Waals surface area contributed by atoms with Crippen LogP contribution in [-0.2, 0) is 16.1 Å². The average Bonchev–Trinajstić information content (AvgIpc) is 2.84. The van der Waals surface area contributed by atoms with Crippen LogP contribution in [0.4, 0.5) is 22.9 Å². The molecular weight excluding hydrogens is 328 g/mol. The van der Waals surface area contributed by atoms with Crippen molar-refractivity contribution >= 4 is 29.3 Å². The molecule has 0 unspecified atom stereocenters. The molecule has 0 aliphatic carbocycles. The number of piperidine rings is 1. The predicted molar refractivity (Wildman–Crippen MR) is 101 cm³/mol. The zero-order chi connectivity index (χ0) is 17.7. The van der Waals surface area contributed by atoms with Crippen molar-refractivity contribution in [2.75, 3.05) is 28.3 Å². The Balaban J connectivity index is 1.59. The number of anilines is 4. The number of rotatable bonds is 2. The summed E-state index contributed by atoms with van der Waals surface area (Å²) in [5.74, 6) is 0.815. The third-order valence-electron chi connectivity index (χ3n) is 5.73. The second kappa shape index (κ2) is 5.99. The number of nitrogens with one attached hydrogen (secondary N) is 1. The molecule has 4 aliphatic heterocycles. The number of ether oxygens (including phenoxy) is 1. The van der Waals surface area contributed by atoms with E-state index in [4.69, 9.17) is 4.74 Å². The smallest absolute Gasteiger partial charge is 0.214 e. The van der Waals surface area contributed by atoms with Crippen LogP contribution in [-0.4, -0.2) is 36.7 Å². The van der Waals surface area contributed by atoms with Crippen molar-refractivity contribution in [2.45, 2.75) is 38.5 Å². The Hall–Kier alpha value is -2.60. The molecule has 0 radical (unpaired) electrons. The molecule has 5 heterocycles. The van der Waals surface area contributed by atoms with Crippen LogP contribution in [0.25, 0.3) is 0 Å². The summed E-state index contributed by atoms with van der Waals surface area (Å²) in [4.78, 5) is 20.5. The molecule has 2 atom stereocenters. The summed E-state index contributed by atoms with van der Waals surface area (Å²) >= 11 is 0. The first-order valence-electron chi connectivity index (χ1n) is 9.18. The lowest BCUT2D eigenvalue weighted by Crippen LogP contribution is -2.54. The molecule has 3 saturated heterocycles. The van der Waals surface area contributed by atoms with Gasteiger partial charge < -0.3 is 19.9 Å². The average molecular weight is 350 g/mol. The Morgan fingerprint density at radius 2 is 2.23 bits per heavy atom. The Morgan fingerprint density at radius 3 is 2.96 bits per heavy atom. The van der Waals surface area contributed by atoms with Crippen LogP contribution < -0.4 is 15.1 Å². The maximum Gasteiger partial charge on any atom is 0.214 e. The number of carbonyl (C=O) groups is 1. The van der Waals surface area contributed by atoms with Crippen molar-refractivity contribution in [3.8, 4) is 0 Å². The number of fused-ring (bicyclic) bond motifs is 5. The first kappa shape index (κ1) is 15.6. The molecule has 1 amide bonds. The summed E-state index contributed by atoms with van der Waals surface area (Å²) in [7, 11) is 0. The minimum Gasteiger partial charge on any atom is -0.374 e. The largest absolute Gasteiger partial charge is 0.374 e. The molecule has 1 N–H and O–H groups in total. The zero-order valence-corrected chi connectivity index (χ0v) is 14.8. The Kier molecular flexibility index (Phi) is 3.60. The number of hydrogen-bond acceptors (Lipinski definition) is 5. The normalized spacial score (nSPS) is 23.7. The lowest BCUT2D eigenvalue weighted by Gasteiger charge is -2.47. The van der Waals surface area contributed by atoms with E-state index in [0.29, 0.717) is 18.7 Å². The molecule has 1 aromatic carbocycles. The minimum atomic E-state index is 0.326. The van der Waals surface area contributed by atoms with E-state index in [-0.39, 0.29) is 0 Å². The number of nitrogens with zero attached hydrogens (tertiary/aromatic N) is 3. The SMILES string of the molecule is Cc1cc2c(cc1N1C[C@H]3CC[C@@H]1CO3)N(C=O)Cc1cccnc1N2. The predicted octanol–water partition coefficient (Wildman–Crippen LogP) is 2.98. The lowest BCUT2D eigenvalue weighted by atomic mass is 9.95. The van der Waals surface area contributed by atoms with Gasteiger partial charge in [0.25, 0.3) is 0 Å². The fourth-order valence-electron chi connectivity index (χ4n) is 4.35. The van der Waals surface area contributed by atoms with Gasteiger partial charge in [-0.2, -0.15) is 0 Å². The second-order valence-electron chi connectivity index (χ2n) is 7.36. The Morgan fingerprint density at radius 1 is 1.31 bits per heavy atom. The maximum absolute atomic E-state index is 11.8. The quantitative estimate of drug-likeness (QED) is 0.844. The lowest BCUT2D eigenvalue weighted by molar-refractivity contribution is -0.107. The van der Waals surface area contributed by atoms with Crippen molar-refractivity contribution in [2.24, 2.45) is 0 Å². The van der Waals surface area contributed by atoms with Gasteiger partial charge in [0.05, 0.1) is 36.7 Å². The number of pyridine rings is 1. The van der Waals surface area contributed by atoms with Crippen molar-refractivity contribution in [3.63, 3.8) is 0 Å². The van der Waals surface area contributed by atoms with Crippen molar-refractivity contribution in [1.82, 2.24) is 4.98 Å². The van der Waals surface area contributed by atoms with E-state index < -0.39 is 0 Å². The van der Waals surface area contributed by atoms with E-state index in [9.17, 15) is 4.79 Å². The summed E-state index contributed by atoms with van der Waals surface area (Å²) < 4.78 is 5.86. The summed E-state index contributed by atoms with van der Waals surface area (Å²) in [6, 6.07) is 8.62. The van der Waals surface area contributed by atoms with Gasteiger partial charge >= 0.3 is 0 Å². The van der Waals surface area contributed by atoms with E-state index in [1.807, 2.05) is 12.1 Å². The molecule has 3 fully saturated rings. The van der Waals surface area contributed by atoms with Crippen LogP contribution in [0, 0.1) is 6.92 Å². The molecular formula is C20H22N4O2. The first-order chi connectivity index (χ1) is 12.7. The van der Waals surface area contributed by atoms with E-state index in [1.54, 1.807) is 11.1 Å². The van der Waals surface area contributed by atoms with E-state index >= 15 is 0 Å². The third kappa shape index (κ3) is 2.44. The Bertz CT molecular complexity index is 861. The molecule has 2 aromatic rings. The molecule has 6 rings (SSSR count). The summed E-state index contributed by atoms with van der Waals surface area (Å²) in [6.07, 6.45) is 5.33. The van der Waals surface area contributed by atoms with Crippen LogP contribution in [0.5, 0.6) is 0 Å². The van der Waals surface area contributed by atoms with Gasteiger partial charge in [-0.1, -0.05) is 6.07 Å². The molecule has 0 saturated carbocycles. The molecule has 26 heavy (non-hydrogen) atoms. The molecule has 2 bridgehead atoms. The van der Waals surface area contributed by atoms with Gasteiger partial charge in [-0.3, -0.25) is 4.79 Å². The molecule has 0 spiro atoms. The summed E-state index contributed by atoms with van der Waals surface area (Å²) in [5.41, 5.74) is 5.25. The minimum absolute atomic E-state index is 0.326. The topological polar surface area (TPSA) is 57.7 Å². The van der Waals surface area contributed by atoms with Gasteiger partial charge in [0, 0.05) is 24.0 Å². The van der Waals surface area contributed by atoms with Gasteiger partial charge in [-0.15, -0.1) is 0 Å². The van der Waals surface area contributed by atoms with Crippen LogP contribution in [0.15, 0.2) is 30.5 Å². The fourth-order valence-corrected chi connectivity index (χ4v) is 4.35. The highest BCUT2D eigenvalue weighted by Gasteiger charge is 2.35. The van der Waals surface area contributed by atoms with Crippen LogP contribution in [0.2, 0.25) is 0 Å². The second-order valence-corrected chi connectivity index (χ2v) is 7.36. The number of morpholine rings is 1. The maximum atomic E-state index is 11.8. The highest BCUT2D eigenvalue weighted by atomic mass is 16.5. The molecule has 1 aromatic heterocycles. The van der Waals surface area contributed by atoms with Crippen molar-refractivity contribution in [3.05, 3.63) is 41.6 Å². The molecule has 6 heteroatoms. The molecule has 134 valence electrons. The molecule has 6 nitrogen and oxygen atoms in total.